The minimum absolute atomic E-state index is 0.0884. The summed E-state index contributed by atoms with van der Waals surface area (Å²) in [6, 6.07) is 13.5. The first-order valence-corrected chi connectivity index (χ1v) is 17.8. The molecule has 1 aliphatic heterocycles. The molecule has 1 saturated heterocycles. The summed E-state index contributed by atoms with van der Waals surface area (Å²) < 4.78 is 42.4. The number of hydrogen-bond donors (Lipinski definition) is 2. The second-order valence-corrected chi connectivity index (χ2v) is 16.9. The van der Waals surface area contributed by atoms with Gasteiger partial charge in [0.05, 0.1) is 51.0 Å². The summed E-state index contributed by atoms with van der Waals surface area (Å²) >= 11 is 2.37. The minimum atomic E-state index is -4.24. The van der Waals surface area contributed by atoms with Gasteiger partial charge >= 0.3 is 0 Å². The zero-order chi connectivity index (χ0) is 32.3. The normalized spacial score (nSPS) is 16.7. The van der Waals surface area contributed by atoms with Crippen LogP contribution >= 0.6 is 22.7 Å². The molecule has 0 atom stereocenters. The van der Waals surface area contributed by atoms with E-state index in [9.17, 15) is 13.2 Å². The lowest BCUT2D eigenvalue weighted by Gasteiger charge is -2.45. The van der Waals surface area contributed by atoms with Crippen molar-refractivity contribution in [3.05, 3.63) is 65.4 Å². The maximum absolute atomic E-state index is 14.0. The monoisotopic (exact) mass is 664 g/mol. The van der Waals surface area contributed by atoms with Crippen LogP contribution in [-0.2, 0) is 14.8 Å². The minimum Gasteiger partial charge on any atom is -0.493 e. The van der Waals surface area contributed by atoms with E-state index in [0.29, 0.717) is 29.0 Å². The lowest BCUT2D eigenvalue weighted by Crippen LogP contribution is -2.46. The zero-order valence-electron chi connectivity index (χ0n) is 26.1. The number of fused-ring (bicyclic) bond motifs is 2. The maximum atomic E-state index is 14.0. The molecule has 9 nitrogen and oxygen atoms in total. The number of aromatic nitrogens is 2. The van der Waals surface area contributed by atoms with Gasteiger partial charge in [-0.1, -0.05) is 35.6 Å². The number of nitrogens with two attached hydrogens (primary N) is 1. The summed E-state index contributed by atoms with van der Waals surface area (Å²) in [6.07, 6.45) is 2.77. The van der Waals surface area contributed by atoms with Crippen molar-refractivity contribution in [2.45, 2.75) is 69.8 Å². The van der Waals surface area contributed by atoms with E-state index < -0.39 is 15.9 Å². The van der Waals surface area contributed by atoms with Gasteiger partial charge in [0.2, 0.25) is 0 Å². The third kappa shape index (κ3) is 6.29. The molecule has 45 heavy (non-hydrogen) atoms. The number of carbonyl (C=O) groups is 1. The number of nitrogens with zero attached hydrogens (tertiary/aromatic N) is 2. The molecule has 0 spiro atoms. The van der Waals surface area contributed by atoms with E-state index in [-0.39, 0.29) is 32.0 Å². The third-order valence-electron chi connectivity index (χ3n) is 8.03. The number of anilines is 1. The number of aryl methyl sites for hydroxylation is 2. The van der Waals surface area contributed by atoms with Crippen LogP contribution in [0.1, 0.15) is 62.0 Å². The van der Waals surface area contributed by atoms with E-state index in [2.05, 4.69) is 49.5 Å². The van der Waals surface area contributed by atoms with Crippen molar-refractivity contribution in [2.24, 2.45) is 5.92 Å². The Labute approximate surface area is 270 Å². The lowest BCUT2D eigenvalue weighted by atomic mass is 9.81. The molecule has 12 heteroatoms. The summed E-state index contributed by atoms with van der Waals surface area (Å²) in [7, 11) is -4.24. The Bertz CT molecular complexity index is 2050. The zero-order valence-corrected chi connectivity index (χ0v) is 28.5. The molecule has 1 aliphatic rings. The van der Waals surface area contributed by atoms with Gasteiger partial charge in [-0.2, -0.15) is 0 Å². The van der Waals surface area contributed by atoms with Crippen LogP contribution in [0.5, 0.6) is 5.75 Å². The Balaban J connectivity index is 1.47. The molecule has 3 N–H and O–H groups in total. The van der Waals surface area contributed by atoms with Crippen molar-refractivity contribution < 1.29 is 22.7 Å². The molecular formula is C33H36N4O5S3. The van der Waals surface area contributed by atoms with Crippen molar-refractivity contribution in [3.63, 3.8) is 0 Å². The highest BCUT2D eigenvalue weighted by molar-refractivity contribution is 7.92. The van der Waals surface area contributed by atoms with Crippen LogP contribution < -0.4 is 15.2 Å². The molecule has 4 heterocycles. The number of nitrogen functional groups attached to an aromatic ring is 1. The SMILES string of the molecule is Cc1c(-c2cc(C(=O)NS(=O)(=O)c3cnc(N)s3)c3c(OCC4CC(C)(C)OC(C)(C)C4)ccc(C)c3n2)sc2ccccc12. The fourth-order valence-electron chi connectivity index (χ4n) is 6.52. The van der Waals surface area contributed by atoms with Crippen molar-refractivity contribution in [2.75, 3.05) is 12.3 Å². The number of hydrogen-bond acceptors (Lipinski definition) is 10. The van der Waals surface area contributed by atoms with Crippen LogP contribution in [0.15, 0.2) is 52.9 Å². The van der Waals surface area contributed by atoms with Crippen LogP contribution in [0.4, 0.5) is 5.13 Å². The van der Waals surface area contributed by atoms with Crippen molar-refractivity contribution in [1.29, 1.82) is 0 Å². The van der Waals surface area contributed by atoms with Gasteiger partial charge in [0, 0.05) is 4.70 Å². The molecular weight excluding hydrogens is 629 g/mol. The highest BCUT2D eigenvalue weighted by atomic mass is 32.2. The van der Waals surface area contributed by atoms with Gasteiger partial charge in [-0.3, -0.25) is 4.79 Å². The van der Waals surface area contributed by atoms with Crippen LogP contribution in [-0.4, -0.2) is 42.1 Å². The summed E-state index contributed by atoms with van der Waals surface area (Å²) in [5, 5.41) is 1.65. The summed E-state index contributed by atoms with van der Waals surface area (Å²) in [6.45, 7) is 12.7. The molecule has 0 radical (unpaired) electrons. The number of amides is 1. The molecule has 1 amide bonds. The summed E-state index contributed by atoms with van der Waals surface area (Å²) in [5.41, 5.74) is 8.25. The molecule has 1 fully saturated rings. The molecule has 0 bridgehead atoms. The van der Waals surface area contributed by atoms with Gasteiger partial charge < -0.3 is 15.2 Å². The molecule has 0 saturated carbocycles. The molecule has 0 unspecified atom stereocenters. The van der Waals surface area contributed by atoms with Crippen LogP contribution in [0.2, 0.25) is 0 Å². The topological polar surface area (TPSA) is 134 Å². The predicted octanol–water partition coefficient (Wildman–Crippen LogP) is 7.25. The van der Waals surface area contributed by atoms with E-state index in [1.807, 2.05) is 38.1 Å². The maximum Gasteiger partial charge on any atom is 0.275 e. The second kappa shape index (κ2) is 11.3. The Morgan fingerprint density at radius 3 is 2.47 bits per heavy atom. The van der Waals surface area contributed by atoms with E-state index in [0.717, 1.165) is 56.5 Å². The summed E-state index contributed by atoms with van der Waals surface area (Å²) in [4.78, 5) is 23.8. The standard InChI is InChI=1S/C33H36N4O5S3/c1-18-11-12-24(41-17-20-14-32(3,4)42-33(5,6)15-20)27-22(30(38)37-45(39,40)26-16-35-31(34)44-26)13-23(36-28(18)27)29-19(2)21-9-7-8-10-25(21)43-29/h7-13,16,20H,14-15,17H2,1-6H3,(H2,34,35)(H,37,38). The number of sulfonamides is 1. The van der Waals surface area contributed by atoms with Crippen molar-refractivity contribution >= 4 is 64.7 Å². The first-order chi connectivity index (χ1) is 21.1. The fourth-order valence-corrected chi connectivity index (χ4v) is 9.57. The number of benzene rings is 2. The number of carbonyl (C=O) groups excluding carboxylic acids is 1. The summed E-state index contributed by atoms with van der Waals surface area (Å²) in [5.74, 6) is -0.115. The van der Waals surface area contributed by atoms with Gasteiger partial charge in [-0.15, -0.1) is 11.3 Å². The first-order valence-electron chi connectivity index (χ1n) is 14.7. The number of pyridine rings is 1. The first kappa shape index (κ1) is 31.4. The second-order valence-electron chi connectivity index (χ2n) is 12.9. The molecule has 236 valence electrons. The van der Waals surface area contributed by atoms with Gasteiger partial charge in [0.15, 0.2) is 9.34 Å². The van der Waals surface area contributed by atoms with E-state index in [1.54, 1.807) is 17.4 Å². The Hall–Kier alpha value is -3.58. The van der Waals surface area contributed by atoms with Crippen LogP contribution in [0, 0.1) is 19.8 Å². The fraction of sp³-hybridized carbons (Fsp3) is 0.364. The smallest absolute Gasteiger partial charge is 0.275 e. The average molecular weight is 665 g/mol. The molecule has 0 aliphatic carbocycles. The molecule has 6 rings (SSSR count). The number of rotatable bonds is 7. The third-order valence-corrected chi connectivity index (χ3v) is 11.9. The van der Waals surface area contributed by atoms with E-state index >= 15 is 0 Å². The van der Waals surface area contributed by atoms with E-state index in [4.69, 9.17) is 20.2 Å². The number of thiazole rings is 1. The van der Waals surface area contributed by atoms with Crippen molar-refractivity contribution in [1.82, 2.24) is 14.7 Å². The highest BCUT2D eigenvalue weighted by Gasteiger charge is 2.39. The largest absolute Gasteiger partial charge is 0.493 e. The van der Waals surface area contributed by atoms with Crippen molar-refractivity contribution in [3.8, 4) is 16.3 Å². The molecule has 3 aromatic heterocycles. The number of ether oxygens (including phenoxy) is 2. The van der Waals surface area contributed by atoms with Gasteiger partial charge in [-0.25, -0.2) is 23.1 Å². The van der Waals surface area contributed by atoms with Crippen LogP contribution in [0.3, 0.4) is 0 Å². The van der Waals surface area contributed by atoms with Crippen LogP contribution in [0.25, 0.3) is 31.6 Å². The lowest BCUT2D eigenvalue weighted by molar-refractivity contribution is -0.175. The Kier molecular flexibility index (Phi) is 7.91. The molecule has 2 aromatic carbocycles. The number of thiophene rings is 1. The molecule has 5 aromatic rings. The Morgan fingerprint density at radius 1 is 1.09 bits per heavy atom. The van der Waals surface area contributed by atoms with Gasteiger partial charge in [0.25, 0.3) is 15.9 Å². The van der Waals surface area contributed by atoms with Gasteiger partial charge in [0.1, 0.15) is 5.75 Å². The Morgan fingerprint density at radius 2 is 1.80 bits per heavy atom. The average Bonchev–Trinajstić information content (AvgIpc) is 3.54. The quantitative estimate of drug-likeness (QED) is 0.186. The van der Waals surface area contributed by atoms with Gasteiger partial charge in [-0.05, 0) is 95.0 Å². The highest BCUT2D eigenvalue weighted by Crippen LogP contribution is 2.42. The number of nitrogens with one attached hydrogen (secondary N) is 1. The van der Waals surface area contributed by atoms with E-state index in [1.165, 1.54) is 0 Å². The predicted molar refractivity (Wildman–Crippen MR) is 181 cm³/mol.